The lowest BCUT2D eigenvalue weighted by Gasteiger charge is -2.48. The minimum absolute atomic E-state index is 0. The normalized spacial score (nSPS) is 23.4. The average molecular weight is 677 g/mol. The van der Waals surface area contributed by atoms with E-state index in [9.17, 15) is 10.2 Å². The highest BCUT2D eigenvalue weighted by molar-refractivity contribution is 5.07. The Morgan fingerprint density at radius 2 is 0.745 bits per heavy atom. The Balaban J connectivity index is -0.000000152. The van der Waals surface area contributed by atoms with E-state index in [0.29, 0.717) is 22.3 Å². The second-order valence-electron chi connectivity index (χ2n) is 19.6. The van der Waals surface area contributed by atoms with Gasteiger partial charge in [0.15, 0.2) is 0 Å². The van der Waals surface area contributed by atoms with Crippen LogP contribution < -0.4 is 11.5 Å². The van der Waals surface area contributed by atoms with Crippen molar-refractivity contribution >= 4 is 0 Å². The molecule has 0 aromatic rings. The van der Waals surface area contributed by atoms with Gasteiger partial charge in [0.05, 0.1) is 17.3 Å². The van der Waals surface area contributed by atoms with Crippen LogP contribution in [0.4, 0.5) is 0 Å². The number of aliphatic hydroxyl groups is 2. The van der Waals surface area contributed by atoms with Gasteiger partial charge in [-0.05, 0) is 97.7 Å². The Kier molecular flexibility index (Phi) is 22.6. The van der Waals surface area contributed by atoms with Crippen LogP contribution in [0.5, 0.6) is 0 Å². The highest BCUT2D eigenvalue weighted by Gasteiger charge is 2.50. The fraction of sp³-hybridized carbons (Fsp3) is 1.00. The number of ether oxygens (including phenoxy) is 1. The maximum absolute atomic E-state index is 9.75. The van der Waals surface area contributed by atoms with Crippen molar-refractivity contribution in [3.63, 3.8) is 0 Å². The van der Waals surface area contributed by atoms with Gasteiger partial charge in [-0.2, -0.15) is 0 Å². The molecular formula is C42H96N2O3. The molecule has 0 amide bonds. The zero-order valence-corrected chi connectivity index (χ0v) is 31.0. The molecule has 5 aliphatic rings. The molecule has 5 rings (SSSR count). The molecule has 0 bridgehead atoms. The summed E-state index contributed by atoms with van der Waals surface area (Å²) in [6, 6.07) is 0. The number of rotatable bonds is 0. The summed E-state index contributed by atoms with van der Waals surface area (Å²) in [7, 11) is 0. The molecule has 0 radical (unpaired) electrons. The molecule has 1 aliphatic heterocycles. The minimum Gasteiger partial charge on any atom is -0.389 e. The minimum atomic E-state index is -0.340. The van der Waals surface area contributed by atoms with E-state index in [1.807, 2.05) is 0 Å². The molecule has 47 heavy (non-hydrogen) atoms. The van der Waals surface area contributed by atoms with Crippen molar-refractivity contribution in [1.82, 2.24) is 0 Å². The molecule has 1 atom stereocenters. The fourth-order valence-corrected chi connectivity index (χ4v) is 5.24. The van der Waals surface area contributed by atoms with Crippen molar-refractivity contribution < 1.29 is 14.9 Å². The first-order valence-electron chi connectivity index (χ1n) is 17.1. The molecule has 5 heteroatoms. The molecular weight excluding hydrogens is 580 g/mol. The molecule has 0 aromatic heterocycles. The van der Waals surface area contributed by atoms with E-state index in [1.54, 1.807) is 0 Å². The van der Waals surface area contributed by atoms with Crippen LogP contribution in [0.1, 0.15) is 212 Å². The maximum atomic E-state index is 9.75. The number of hydrogen-bond donors (Lipinski definition) is 4. The van der Waals surface area contributed by atoms with E-state index in [4.69, 9.17) is 16.2 Å². The van der Waals surface area contributed by atoms with E-state index in [2.05, 4.69) is 104 Å². The summed E-state index contributed by atoms with van der Waals surface area (Å²) in [6.07, 6.45) is 13.2. The summed E-state index contributed by atoms with van der Waals surface area (Å²) in [5, 5.41) is 19.2. The van der Waals surface area contributed by atoms with E-state index in [0.717, 1.165) is 32.3 Å². The van der Waals surface area contributed by atoms with Crippen LogP contribution in [0.2, 0.25) is 0 Å². The van der Waals surface area contributed by atoms with Crippen LogP contribution in [0, 0.1) is 27.1 Å². The molecule has 5 nitrogen and oxygen atoms in total. The first-order valence-corrected chi connectivity index (χ1v) is 17.1. The fourth-order valence-electron chi connectivity index (χ4n) is 5.24. The molecule has 292 valence electrons. The second-order valence-corrected chi connectivity index (χ2v) is 19.6. The Hall–Kier alpha value is -0.200. The first-order chi connectivity index (χ1) is 18.4. The summed E-state index contributed by atoms with van der Waals surface area (Å²) in [6.45, 7) is 33.5. The molecule has 1 saturated heterocycles. The third-order valence-corrected chi connectivity index (χ3v) is 11.4. The van der Waals surface area contributed by atoms with Gasteiger partial charge in [-0.15, -0.1) is 0 Å². The van der Waals surface area contributed by atoms with Crippen LogP contribution in [0.3, 0.4) is 0 Å². The highest BCUT2D eigenvalue weighted by Crippen LogP contribution is 2.49. The number of hydrogen-bond acceptors (Lipinski definition) is 5. The van der Waals surface area contributed by atoms with Crippen molar-refractivity contribution in [3.8, 4) is 0 Å². The monoisotopic (exact) mass is 677 g/mol. The summed E-state index contributed by atoms with van der Waals surface area (Å²) in [5.74, 6) is 0. The molecule has 0 aromatic carbocycles. The topological polar surface area (TPSA) is 102 Å². The largest absolute Gasteiger partial charge is 0.389 e. The standard InChI is InChI=1S/C8H17N.C8H16O.C7H15N.2C7H14O.5CH4/c2*1-7(2,3)8(9)5-4-6-8;1-6(2,3)7(8)4-5-7;1-7(2,3)6-4-5-8-6;1-6(2,3)7(8)4-5-7;;;;;/h4-6,9H2,1-3H3;9H,4-6H2,1-3H3;4-5,8H2,1-3H3;6H,4-5H2,1-3H3;8H,4-5H2,1-3H3;5*1H4. The van der Waals surface area contributed by atoms with Crippen molar-refractivity contribution in [2.24, 2.45) is 38.5 Å². The van der Waals surface area contributed by atoms with Crippen LogP contribution in [0.15, 0.2) is 0 Å². The summed E-state index contributed by atoms with van der Waals surface area (Å²) >= 11 is 0. The molecule has 4 saturated carbocycles. The van der Waals surface area contributed by atoms with E-state index in [1.165, 1.54) is 44.9 Å². The maximum Gasteiger partial charge on any atom is 0.0697 e. The van der Waals surface area contributed by atoms with Gasteiger partial charge in [0.2, 0.25) is 0 Å². The van der Waals surface area contributed by atoms with Gasteiger partial charge in [0.25, 0.3) is 0 Å². The van der Waals surface area contributed by atoms with Gasteiger partial charge in [-0.1, -0.05) is 141 Å². The predicted octanol–water partition coefficient (Wildman–Crippen LogP) is 11.9. The van der Waals surface area contributed by atoms with Gasteiger partial charge in [-0.25, -0.2) is 0 Å². The smallest absolute Gasteiger partial charge is 0.0697 e. The lowest BCUT2D eigenvalue weighted by Crippen LogP contribution is -2.56. The molecule has 4 aliphatic carbocycles. The predicted molar refractivity (Wildman–Crippen MR) is 215 cm³/mol. The molecule has 1 heterocycles. The van der Waals surface area contributed by atoms with Crippen LogP contribution in [-0.4, -0.2) is 45.2 Å². The number of nitrogens with two attached hydrogens (primary N) is 2. The summed E-state index contributed by atoms with van der Waals surface area (Å²) < 4.78 is 5.30. The average Bonchev–Trinajstić information content (AvgIpc) is 3.59. The quantitative estimate of drug-likeness (QED) is 0.204. The third kappa shape index (κ3) is 16.1. The van der Waals surface area contributed by atoms with Crippen molar-refractivity contribution in [3.05, 3.63) is 0 Å². The Morgan fingerprint density at radius 1 is 0.468 bits per heavy atom. The second kappa shape index (κ2) is 18.9. The van der Waals surface area contributed by atoms with E-state index >= 15 is 0 Å². The lowest BCUT2D eigenvalue weighted by molar-refractivity contribution is -0.117. The SMILES string of the molecule is C.C.C.C.C.CC(C)(C)C1(N)CC1.CC(C)(C)C1(N)CCC1.CC(C)(C)C1(O)CC1.CC(C)(C)C1(O)CCC1.CC(C)(C)C1CCO1. The lowest BCUT2D eigenvalue weighted by atomic mass is 9.62. The summed E-state index contributed by atoms with van der Waals surface area (Å²) in [5.41, 5.74) is 12.9. The highest BCUT2D eigenvalue weighted by atomic mass is 16.5. The third-order valence-electron chi connectivity index (χ3n) is 11.4. The van der Waals surface area contributed by atoms with Crippen molar-refractivity contribution in [2.45, 2.75) is 240 Å². The van der Waals surface area contributed by atoms with Gasteiger partial charge < -0.3 is 26.4 Å². The van der Waals surface area contributed by atoms with Crippen LogP contribution in [-0.2, 0) is 4.74 Å². The van der Waals surface area contributed by atoms with Gasteiger partial charge in [0.1, 0.15) is 0 Å². The molecule has 6 N–H and O–H groups in total. The van der Waals surface area contributed by atoms with Crippen molar-refractivity contribution in [2.75, 3.05) is 6.61 Å². The van der Waals surface area contributed by atoms with Gasteiger partial charge >= 0.3 is 0 Å². The zero-order valence-electron chi connectivity index (χ0n) is 31.0. The Labute approximate surface area is 299 Å². The van der Waals surface area contributed by atoms with E-state index < -0.39 is 0 Å². The van der Waals surface area contributed by atoms with E-state index in [-0.39, 0.29) is 70.2 Å². The Bertz CT molecular complexity index is 746. The molecule has 0 spiro atoms. The molecule has 5 fully saturated rings. The van der Waals surface area contributed by atoms with Crippen molar-refractivity contribution in [1.29, 1.82) is 0 Å². The van der Waals surface area contributed by atoms with Crippen LogP contribution in [0.25, 0.3) is 0 Å². The first kappa shape index (κ1) is 56.2. The summed E-state index contributed by atoms with van der Waals surface area (Å²) in [4.78, 5) is 0. The molecule has 1 unspecified atom stereocenters. The van der Waals surface area contributed by atoms with Crippen LogP contribution >= 0.6 is 0 Å². The van der Waals surface area contributed by atoms with Gasteiger partial charge in [0, 0.05) is 17.7 Å². The Morgan fingerprint density at radius 3 is 0.745 bits per heavy atom. The zero-order chi connectivity index (χ0) is 33.3. The van der Waals surface area contributed by atoms with Gasteiger partial charge in [-0.3, -0.25) is 0 Å².